The van der Waals surface area contributed by atoms with Crippen molar-refractivity contribution in [1.29, 1.82) is 5.41 Å². The Bertz CT molecular complexity index is 296. The zero-order valence-electron chi connectivity index (χ0n) is 6.06. The van der Waals surface area contributed by atoms with Gasteiger partial charge in [0.1, 0.15) is 11.5 Å². The van der Waals surface area contributed by atoms with Gasteiger partial charge < -0.3 is 5.73 Å². The van der Waals surface area contributed by atoms with Gasteiger partial charge in [0.2, 0.25) is 0 Å². The second-order valence-corrected chi connectivity index (χ2v) is 3.15. The van der Waals surface area contributed by atoms with Crippen LogP contribution in [0.15, 0.2) is 16.7 Å². The maximum Gasteiger partial charge on any atom is 0.142 e. The van der Waals surface area contributed by atoms with Crippen LogP contribution in [0, 0.1) is 12.3 Å². The Balaban J connectivity index is 3.20. The fourth-order valence-corrected chi connectivity index (χ4v) is 1.27. The van der Waals surface area contributed by atoms with Gasteiger partial charge in [-0.1, -0.05) is 0 Å². The zero-order valence-corrected chi connectivity index (χ0v) is 7.64. The van der Waals surface area contributed by atoms with Gasteiger partial charge in [0.05, 0.1) is 0 Å². The number of aryl methyl sites for hydroxylation is 1. The van der Waals surface area contributed by atoms with Crippen molar-refractivity contribution in [3.05, 3.63) is 28.0 Å². The highest BCUT2D eigenvalue weighted by Crippen LogP contribution is 2.11. The topological polar surface area (TPSA) is 62.8 Å². The lowest BCUT2D eigenvalue weighted by molar-refractivity contribution is 1.19. The molecule has 11 heavy (non-hydrogen) atoms. The van der Waals surface area contributed by atoms with Crippen LogP contribution in [0.1, 0.15) is 11.3 Å². The summed E-state index contributed by atoms with van der Waals surface area (Å²) in [6.45, 7) is 1.87. The summed E-state index contributed by atoms with van der Waals surface area (Å²) < 4.78 is 0.903. The Morgan fingerprint density at radius 1 is 1.73 bits per heavy atom. The molecule has 0 spiro atoms. The third-order valence-electron chi connectivity index (χ3n) is 1.30. The van der Waals surface area contributed by atoms with Crippen molar-refractivity contribution in [2.24, 2.45) is 5.73 Å². The number of nitrogens with zero attached hydrogens (tertiary/aromatic N) is 1. The number of amidine groups is 1. The Labute approximate surface area is 73.3 Å². The lowest BCUT2D eigenvalue weighted by atomic mass is 10.2. The molecule has 3 nitrogen and oxygen atoms in total. The summed E-state index contributed by atoms with van der Waals surface area (Å²) >= 11 is 3.27. The molecule has 1 aromatic rings. The van der Waals surface area contributed by atoms with Gasteiger partial charge in [0.15, 0.2) is 0 Å². The smallest absolute Gasteiger partial charge is 0.142 e. The molecule has 58 valence electrons. The minimum absolute atomic E-state index is 0.00926. The normalized spacial score (nSPS) is 9.64. The van der Waals surface area contributed by atoms with E-state index >= 15 is 0 Å². The molecule has 0 aromatic carbocycles. The number of hydrogen-bond acceptors (Lipinski definition) is 2. The van der Waals surface area contributed by atoms with Gasteiger partial charge in [-0.25, -0.2) is 0 Å². The van der Waals surface area contributed by atoms with Crippen molar-refractivity contribution in [2.45, 2.75) is 6.92 Å². The molecule has 0 aliphatic rings. The van der Waals surface area contributed by atoms with Gasteiger partial charge in [0.25, 0.3) is 0 Å². The van der Waals surface area contributed by atoms with Gasteiger partial charge in [-0.3, -0.25) is 10.4 Å². The van der Waals surface area contributed by atoms with E-state index in [4.69, 9.17) is 11.1 Å². The summed E-state index contributed by atoms with van der Waals surface area (Å²) in [5.41, 5.74) is 6.73. The summed E-state index contributed by atoms with van der Waals surface area (Å²) in [5.74, 6) is 0.00926. The van der Waals surface area contributed by atoms with Crippen LogP contribution in [0.3, 0.4) is 0 Å². The van der Waals surface area contributed by atoms with E-state index < -0.39 is 0 Å². The number of pyridine rings is 1. The Morgan fingerprint density at radius 2 is 2.36 bits per heavy atom. The van der Waals surface area contributed by atoms with Crippen LogP contribution < -0.4 is 5.73 Å². The molecule has 1 aromatic heterocycles. The third kappa shape index (κ3) is 1.77. The molecule has 0 aliphatic heterocycles. The van der Waals surface area contributed by atoms with Crippen LogP contribution in [0.25, 0.3) is 0 Å². The molecule has 0 unspecified atom stereocenters. The molecule has 0 atom stereocenters. The second-order valence-electron chi connectivity index (χ2n) is 2.23. The van der Waals surface area contributed by atoms with Crippen molar-refractivity contribution >= 4 is 21.8 Å². The standard InChI is InChI=1S/C7H8BrN3/c1-4-2-5(8)3-11-6(4)7(9)10/h2-3H,1H3,(H3,9,10). The molecule has 1 heterocycles. The first kappa shape index (κ1) is 8.20. The fraction of sp³-hybridized carbons (Fsp3) is 0.143. The molecule has 0 saturated heterocycles. The highest BCUT2D eigenvalue weighted by molar-refractivity contribution is 9.10. The summed E-state index contributed by atoms with van der Waals surface area (Å²) in [4.78, 5) is 3.98. The minimum Gasteiger partial charge on any atom is -0.382 e. The first-order chi connectivity index (χ1) is 5.11. The van der Waals surface area contributed by atoms with E-state index in [9.17, 15) is 0 Å². The number of rotatable bonds is 1. The Hall–Kier alpha value is -0.900. The van der Waals surface area contributed by atoms with Gasteiger partial charge in [-0.05, 0) is 34.5 Å². The lowest BCUT2D eigenvalue weighted by Gasteiger charge is -2.01. The highest BCUT2D eigenvalue weighted by Gasteiger charge is 2.02. The number of nitrogens with one attached hydrogen (secondary N) is 1. The number of nitrogen functional groups attached to an aromatic ring is 1. The maximum atomic E-state index is 7.15. The van der Waals surface area contributed by atoms with Gasteiger partial charge in [-0.2, -0.15) is 0 Å². The van der Waals surface area contributed by atoms with E-state index in [2.05, 4.69) is 20.9 Å². The molecule has 1 rings (SSSR count). The summed E-state index contributed by atoms with van der Waals surface area (Å²) in [6, 6.07) is 1.88. The lowest BCUT2D eigenvalue weighted by Crippen LogP contribution is -2.14. The third-order valence-corrected chi connectivity index (χ3v) is 1.73. The zero-order chi connectivity index (χ0) is 8.43. The number of hydrogen-bond donors (Lipinski definition) is 2. The minimum atomic E-state index is 0.00926. The molecule has 0 saturated carbocycles. The second kappa shape index (κ2) is 3.00. The first-order valence-corrected chi connectivity index (χ1v) is 3.87. The molecule has 0 bridgehead atoms. The van der Waals surface area contributed by atoms with E-state index in [1.165, 1.54) is 0 Å². The van der Waals surface area contributed by atoms with Crippen LogP contribution in [0.2, 0.25) is 0 Å². The molecular weight excluding hydrogens is 206 g/mol. The molecule has 0 amide bonds. The van der Waals surface area contributed by atoms with Gasteiger partial charge >= 0.3 is 0 Å². The van der Waals surface area contributed by atoms with E-state index in [1.807, 2.05) is 13.0 Å². The van der Waals surface area contributed by atoms with Crippen LogP contribution >= 0.6 is 15.9 Å². The van der Waals surface area contributed by atoms with Crippen LogP contribution in [-0.4, -0.2) is 10.8 Å². The maximum absolute atomic E-state index is 7.15. The van der Waals surface area contributed by atoms with Crippen LogP contribution in [0.4, 0.5) is 0 Å². The van der Waals surface area contributed by atoms with Crippen LogP contribution in [-0.2, 0) is 0 Å². The Morgan fingerprint density at radius 3 is 2.82 bits per heavy atom. The van der Waals surface area contributed by atoms with E-state index in [0.717, 1.165) is 10.0 Å². The molecular formula is C7H8BrN3. The fourth-order valence-electron chi connectivity index (χ4n) is 0.822. The summed E-state index contributed by atoms with van der Waals surface area (Å²) in [5, 5.41) is 7.15. The van der Waals surface area contributed by atoms with Crippen molar-refractivity contribution in [2.75, 3.05) is 0 Å². The van der Waals surface area contributed by atoms with Crippen molar-refractivity contribution < 1.29 is 0 Å². The van der Waals surface area contributed by atoms with Crippen molar-refractivity contribution in [1.82, 2.24) is 4.98 Å². The molecule has 4 heteroatoms. The largest absolute Gasteiger partial charge is 0.382 e. The van der Waals surface area contributed by atoms with E-state index in [0.29, 0.717) is 5.69 Å². The summed E-state index contributed by atoms with van der Waals surface area (Å²) in [6.07, 6.45) is 1.63. The average molecular weight is 214 g/mol. The van der Waals surface area contributed by atoms with E-state index in [-0.39, 0.29) is 5.84 Å². The molecule has 0 radical (unpaired) electrons. The van der Waals surface area contributed by atoms with Gasteiger partial charge in [-0.15, -0.1) is 0 Å². The van der Waals surface area contributed by atoms with Gasteiger partial charge in [0, 0.05) is 10.7 Å². The van der Waals surface area contributed by atoms with Crippen LogP contribution in [0.5, 0.6) is 0 Å². The van der Waals surface area contributed by atoms with Crippen molar-refractivity contribution in [3.63, 3.8) is 0 Å². The monoisotopic (exact) mass is 213 g/mol. The predicted octanol–water partition coefficient (Wildman–Crippen LogP) is 1.44. The Kier molecular flexibility index (Phi) is 2.24. The molecule has 3 N–H and O–H groups in total. The number of aromatic nitrogens is 1. The van der Waals surface area contributed by atoms with Crippen molar-refractivity contribution in [3.8, 4) is 0 Å². The first-order valence-electron chi connectivity index (χ1n) is 3.08. The molecule has 0 fully saturated rings. The summed E-state index contributed by atoms with van der Waals surface area (Å²) in [7, 11) is 0. The average Bonchev–Trinajstić information content (AvgIpc) is 1.85. The van der Waals surface area contributed by atoms with E-state index in [1.54, 1.807) is 6.20 Å². The predicted molar refractivity (Wildman–Crippen MR) is 47.7 cm³/mol. The highest BCUT2D eigenvalue weighted by atomic mass is 79.9. The SMILES string of the molecule is Cc1cc(Br)cnc1C(=N)N. The molecule has 0 aliphatic carbocycles. The quantitative estimate of drug-likeness (QED) is 0.548. The number of halogens is 1. The number of nitrogens with two attached hydrogens (primary N) is 1.